The topological polar surface area (TPSA) is 86.7 Å². The van der Waals surface area contributed by atoms with Crippen LogP contribution in [0.4, 0.5) is 0 Å². The molecule has 0 aromatic heterocycles. The van der Waals surface area contributed by atoms with Crippen LogP contribution in [0.3, 0.4) is 0 Å². The molecule has 2 saturated carbocycles. The van der Waals surface area contributed by atoms with E-state index < -0.39 is 24.4 Å². The maximum Gasteiger partial charge on any atom is 0.108 e. The molecule has 2 aliphatic rings. The molecule has 0 heterocycles. The third-order valence-electron chi connectivity index (χ3n) is 3.12. The standard InChI is InChI=1S/C7H13NO3/c8-5-3(9)4(10)6(11)7(5)1-2-7/h3-6,9-11H,1-2,8H2/t3-,4+,5+,6-/m0/s1. The van der Waals surface area contributed by atoms with Crippen LogP contribution >= 0.6 is 0 Å². The van der Waals surface area contributed by atoms with E-state index in [-0.39, 0.29) is 5.41 Å². The SMILES string of the molecule is N[C@@H]1[C@@H](O)[C@@H](O)[C@H](O)C12CC2. The summed E-state index contributed by atoms with van der Waals surface area (Å²) in [6.45, 7) is 0. The molecule has 64 valence electrons. The zero-order valence-electron chi connectivity index (χ0n) is 6.14. The Morgan fingerprint density at radius 2 is 1.64 bits per heavy atom. The molecule has 0 bridgehead atoms. The van der Waals surface area contributed by atoms with Crippen LogP contribution in [-0.2, 0) is 0 Å². The normalized spacial score (nSPS) is 53.5. The van der Waals surface area contributed by atoms with Gasteiger partial charge in [-0.05, 0) is 12.8 Å². The highest BCUT2D eigenvalue weighted by Gasteiger charge is 2.64. The first-order chi connectivity index (χ1) is 5.09. The summed E-state index contributed by atoms with van der Waals surface area (Å²) < 4.78 is 0. The number of aliphatic hydroxyl groups is 3. The molecule has 2 rings (SSSR count). The Labute approximate surface area is 64.6 Å². The lowest BCUT2D eigenvalue weighted by molar-refractivity contribution is -0.0293. The van der Waals surface area contributed by atoms with Gasteiger partial charge < -0.3 is 21.1 Å². The third-order valence-corrected chi connectivity index (χ3v) is 3.12. The van der Waals surface area contributed by atoms with Crippen LogP contribution in [0.15, 0.2) is 0 Å². The minimum atomic E-state index is -1.05. The highest BCUT2D eigenvalue weighted by atomic mass is 16.4. The van der Waals surface area contributed by atoms with E-state index in [0.717, 1.165) is 12.8 Å². The molecule has 2 fully saturated rings. The lowest BCUT2D eigenvalue weighted by atomic mass is 9.99. The quantitative estimate of drug-likeness (QED) is 0.335. The van der Waals surface area contributed by atoms with Crippen molar-refractivity contribution in [3.05, 3.63) is 0 Å². The van der Waals surface area contributed by atoms with E-state index in [1.165, 1.54) is 0 Å². The minimum Gasteiger partial charge on any atom is -0.390 e. The average Bonchev–Trinajstić information content (AvgIpc) is 2.76. The maximum atomic E-state index is 9.44. The second kappa shape index (κ2) is 1.95. The number of rotatable bonds is 0. The van der Waals surface area contributed by atoms with Crippen LogP contribution in [0.2, 0.25) is 0 Å². The van der Waals surface area contributed by atoms with Crippen molar-refractivity contribution in [3.63, 3.8) is 0 Å². The zero-order valence-corrected chi connectivity index (χ0v) is 6.14. The Bertz CT molecular complexity index is 165. The van der Waals surface area contributed by atoms with Gasteiger partial charge in [-0.2, -0.15) is 0 Å². The van der Waals surface area contributed by atoms with E-state index in [9.17, 15) is 15.3 Å². The fourth-order valence-corrected chi connectivity index (χ4v) is 2.05. The van der Waals surface area contributed by atoms with Crippen molar-refractivity contribution in [3.8, 4) is 0 Å². The third kappa shape index (κ3) is 0.727. The smallest absolute Gasteiger partial charge is 0.108 e. The summed E-state index contributed by atoms with van der Waals surface area (Å²) in [4.78, 5) is 0. The molecule has 0 amide bonds. The largest absolute Gasteiger partial charge is 0.390 e. The van der Waals surface area contributed by atoms with Crippen LogP contribution in [0.5, 0.6) is 0 Å². The Kier molecular flexibility index (Phi) is 1.33. The van der Waals surface area contributed by atoms with E-state index in [1.807, 2.05) is 0 Å². The van der Waals surface area contributed by atoms with Gasteiger partial charge in [0.1, 0.15) is 6.10 Å². The molecule has 11 heavy (non-hydrogen) atoms. The van der Waals surface area contributed by atoms with E-state index in [0.29, 0.717) is 0 Å². The molecule has 0 aromatic carbocycles. The first kappa shape index (κ1) is 7.49. The molecule has 4 atom stereocenters. The highest BCUT2D eigenvalue weighted by molar-refractivity contribution is 5.17. The number of hydrogen-bond acceptors (Lipinski definition) is 4. The molecular formula is C7H13NO3. The lowest BCUT2D eigenvalue weighted by Crippen LogP contribution is -2.38. The Morgan fingerprint density at radius 1 is 1.09 bits per heavy atom. The summed E-state index contributed by atoms with van der Waals surface area (Å²) in [5.74, 6) is 0. The van der Waals surface area contributed by atoms with Crippen LogP contribution < -0.4 is 5.73 Å². The molecule has 0 saturated heterocycles. The summed E-state index contributed by atoms with van der Waals surface area (Å²) in [7, 11) is 0. The number of aliphatic hydroxyl groups excluding tert-OH is 3. The lowest BCUT2D eigenvalue weighted by Gasteiger charge is -2.16. The summed E-state index contributed by atoms with van der Waals surface area (Å²) in [6, 6.07) is -0.451. The maximum absolute atomic E-state index is 9.44. The molecule has 0 aliphatic heterocycles. The average molecular weight is 159 g/mol. The van der Waals surface area contributed by atoms with Crippen LogP contribution in [-0.4, -0.2) is 39.7 Å². The predicted molar refractivity (Wildman–Crippen MR) is 37.7 cm³/mol. The summed E-state index contributed by atoms with van der Waals surface area (Å²) in [5, 5.41) is 27.9. The van der Waals surface area contributed by atoms with Crippen molar-refractivity contribution in [1.82, 2.24) is 0 Å². The first-order valence-corrected chi connectivity index (χ1v) is 3.89. The van der Waals surface area contributed by atoms with E-state index >= 15 is 0 Å². The van der Waals surface area contributed by atoms with Gasteiger partial charge in [0, 0.05) is 11.5 Å². The molecule has 4 heteroatoms. The summed E-state index contributed by atoms with van der Waals surface area (Å²) >= 11 is 0. The minimum absolute atomic E-state index is 0.362. The fourth-order valence-electron chi connectivity index (χ4n) is 2.05. The van der Waals surface area contributed by atoms with Gasteiger partial charge in [0.05, 0.1) is 12.2 Å². The van der Waals surface area contributed by atoms with Gasteiger partial charge in [-0.3, -0.25) is 0 Å². The van der Waals surface area contributed by atoms with Crippen LogP contribution in [0.1, 0.15) is 12.8 Å². The van der Waals surface area contributed by atoms with Crippen LogP contribution in [0, 0.1) is 5.41 Å². The van der Waals surface area contributed by atoms with Crippen LogP contribution in [0.25, 0.3) is 0 Å². The van der Waals surface area contributed by atoms with Gasteiger partial charge in [-0.15, -0.1) is 0 Å². The molecule has 4 nitrogen and oxygen atoms in total. The number of nitrogens with two attached hydrogens (primary N) is 1. The molecular weight excluding hydrogens is 146 g/mol. The van der Waals surface area contributed by atoms with Crippen molar-refractivity contribution in [2.75, 3.05) is 0 Å². The first-order valence-electron chi connectivity index (χ1n) is 3.89. The van der Waals surface area contributed by atoms with Gasteiger partial charge in [0.2, 0.25) is 0 Å². The zero-order chi connectivity index (χ0) is 8.22. The van der Waals surface area contributed by atoms with Crippen molar-refractivity contribution in [2.45, 2.75) is 37.2 Å². The molecule has 2 aliphatic carbocycles. The molecule has 5 N–H and O–H groups in total. The van der Waals surface area contributed by atoms with Gasteiger partial charge in [-0.25, -0.2) is 0 Å². The Morgan fingerprint density at radius 3 is 1.82 bits per heavy atom. The van der Waals surface area contributed by atoms with Gasteiger partial charge in [-0.1, -0.05) is 0 Å². The molecule has 0 aromatic rings. The molecule has 0 unspecified atom stereocenters. The van der Waals surface area contributed by atoms with Crippen molar-refractivity contribution in [2.24, 2.45) is 11.1 Å². The van der Waals surface area contributed by atoms with Crippen molar-refractivity contribution in [1.29, 1.82) is 0 Å². The van der Waals surface area contributed by atoms with Gasteiger partial charge in [0.25, 0.3) is 0 Å². The monoisotopic (exact) mass is 159 g/mol. The number of hydrogen-bond donors (Lipinski definition) is 4. The van der Waals surface area contributed by atoms with Gasteiger partial charge in [0.15, 0.2) is 0 Å². The summed E-state index contributed by atoms with van der Waals surface area (Å²) in [6.07, 6.45) is -1.18. The molecule has 1 spiro atoms. The fraction of sp³-hybridized carbons (Fsp3) is 1.00. The van der Waals surface area contributed by atoms with E-state index in [4.69, 9.17) is 5.73 Å². The Balaban J connectivity index is 2.25. The van der Waals surface area contributed by atoms with E-state index in [1.54, 1.807) is 0 Å². The second-order valence-corrected chi connectivity index (χ2v) is 3.68. The van der Waals surface area contributed by atoms with Crippen molar-refractivity contribution >= 4 is 0 Å². The Hall–Kier alpha value is -0.160. The van der Waals surface area contributed by atoms with Crippen molar-refractivity contribution < 1.29 is 15.3 Å². The highest BCUT2D eigenvalue weighted by Crippen LogP contribution is 2.56. The second-order valence-electron chi connectivity index (χ2n) is 3.68. The molecule has 0 radical (unpaired) electrons. The summed E-state index contributed by atoms with van der Waals surface area (Å²) in [5.41, 5.74) is 5.27. The van der Waals surface area contributed by atoms with Gasteiger partial charge >= 0.3 is 0 Å². The van der Waals surface area contributed by atoms with E-state index in [2.05, 4.69) is 0 Å². The predicted octanol–water partition coefficient (Wildman–Crippen LogP) is -1.81.